The summed E-state index contributed by atoms with van der Waals surface area (Å²) in [4.78, 5) is 32.0. The summed E-state index contributed by atoms with van der Waals surface area (Å²) in [6.07, 6.45) is 1.04. The Balaban J connectivity index is 1.86. The Kier molecular flexibility index (Phi) is 7.04. The van der Waals surface area contributed by atoms with Crippen molar-refractivity contribution in [3.8, 4) is 6.07 Å². The lowest BCUT2D eigenvalue weighted by atomic mass is 10.2. The number of nitriles is 1. The summed E-state index contributed by atoms with van der Waals surface area (Å²) in [6.45, 7) is 2.87. The standard InChI is InChI=1S/C22H22N4O2S/c1-2-14-26-21(28)18-11-6-7-12-19(18)24-22(26)29-16-20(27)25(15-8-13-23)17-9-4-3-5-10-17/h3-7,9-12H,2,8,14-16H2,1H3. The summed E-state index contributed by atoms with van der Waals surface area (Å²) in [7, 11) is 0. The zero-order valence-electron chi connectivity index (χ0n) is 16.2. The van der Waals surface area contributed by atoms with Crippen LogP contribution in [0, 0.1) is 11.3 Å². The molecular formula is C22H22N4O2S. The molecule has 7 heteroatoms. The molecule has 0 fully saturated rings. The Hall–Kier alpha value is -3.11. The quantitative estimate of drug-likeness (QED) is 0.419. The molecule has 148 valence electrons. The average Bonchev–Trinajstić information content (AvgIpc) is 2.75. The second-order valence-electron chi connectivity index (χ2n) is 6.45. The van der Waals surface area contributed by atoms with Crippen LogP contribution in [0.1, 0.15) is 19.8 Å². The maximum atomic E-state index is 12.9. The first-order valence-corrected chi connectivity index (χ1v) is 10.5. The van der Waals surface area contributed by atoms with Gasteiger partial charge in [-0.2, -0.15) is 5.26 Å². The molecule has 0 spiro atoms. The molecule has 0 aliphatic rings. The molecule has 0 saturated heterocycles. The van der Waals surface area contributed by atoms with Gasteiger partial charge in [-0.1, -0.05) is 49.0 Å². The molecule has 0 N–H and O–H groups in total. The predicted molar refractivity (Wildman–Crippen MR) is 116 cm³/mol. The summed E-state index contributed by atoms with van der Waals surface area (Å²) >= 11 is 1.26. The van der Waals surface area contributed by atoms with E-state index in [-0.39, 0.29) is 23.6 Å². The number of rotatable bonds is 8. The van der Waals surface area contributed by atoms with Crippen molar-refractivity contribution in [2.24, 2.45) is 0 Å². The number of thioether (sulfide) groups is 1. The molecule has 0 bridgehead atoms. The number of para-hydroxylation sites is 2. The monoisotopic (exact) mass is 406 g/mol. The number of amides is 1. The Morgan fingerprint density at radius 3 is 2.62 bits per heavy atom. The number of carbonyl (C=O) groups excluding carboxylic acids is 1. The molecule has 3 rings (SSSR count). The van der Waals surface area contributed by atoms with Gasteiger partial charge in [0, 0.05) is 18.8 Å². The number of hydrogen-bond donors (Lipinski definition) is 0. The van der Waals surface area contributed by atoms with E-state index in [1.807, 2.05) is 55.5 Å². The van der Waals surface area contributed by atoms with E-state index in [1.165, 1.54) is 11.8 Å². The van der Waals surface area contributed by atoms with E-state index in [0.717, 1.165) is 12.1 Å². The number of benzene rings is 2. The van der Waals surface area contributed by atoms with Gasteiger partial charge in [0.1, 0.15) is 0 Å². The molecule has 6 nitrogen and oxygen atoms in total. The maximum Gasteiger partial charge on any atom is 0.262 e. The number of aromatic nitrogens is 2. The van der Waals surface area contributed by atoms with Crippen LogP contribution in [0.25, 0.3) is 10.9 Å². The van der Waals surface area contributed by atoms with Crippen LogP contribution < -0.4 is 10.5 Å². The molecule has 3 aromatic rings. The van der Waals surface area contributed by atoms with Gasteiger partial charge in [-0.15, -0.1) is 0 Å². The third kappa shape index (κ3) is 4.84. The normalized spacial score (nSPS) is 10.6. The van der Waals surface area contributed by atoms with Gasteiger partial charge >= 0.3 is 0 Å². The van der Waals surface area contributed by atoms with Gasteiger partial charge in [0.25, 0.3) is 5.56 Å². The first kappa shape index (κ1) is 20.6. The Labute approximate surface area is 173 Å². The van der Waals surface area contributed by atoms with Gasteiger partial charge < -0.3 is 4.90 Å². The van der Waals surface area contributed by atoms with Crippen molar-refractivity contribution in [1.29, 1.82) is 5.26 Å². The molecule has 2 aromatic carbocycles. The highest BCUT2D eigenvalue weighted by molar-refractivity contribution is 7.99. The lowest BCUT2D eigenvalue weighted by molar-refractivity contribution is -0.116. The van der Waals surface area contributed by atoms with Crippen molar-refractivity contribution in [3.05, 3.63) is 65.0 Å². The van der Waals surface area contributed by atoms with Gasteiger partial charge in [0.2, 0.25) is 5.91 Å². The van der Waals surface area contributed by atoms with E-state index in [1.54, 1.807) is 15.5 Å². The third-order valence-corrected chi connectivity index (χ3v) is 5.38. The van der Waals surface area contributed by atoms with Gasteiger partial charge in [-0.25, -0.2) is 4.98 Å². The zero-order chi connectivity index (χ0) is 20.6. The van der Waals surface area contributed by atoms with E-state index in [2.05, 4.69) is 11.1 Å². The summed E-state index contributed by atoms with van der Waals surface area (Å²) in [5, 5.41) is 10.1. The Bertz CT molecular complexity index is 1090. The third-order valence-electron chi connectivity index (χ3n) is 4.41. The molecule has 1 aromatic heterocycles. The van der Waals surface area contributed by atoms with Crippen LogP contribution in [0.15, 0.2) is 64.5 Å². The molecule has 1 amide bonds. The highest BCUT2D eigenvalue weighted by Crippen LogP contribution is 2.21. The van der Waals surface area contributed by atoms with Gasteiger partial charge in [0.05, 0.1) is 29.1 Å². The first-order chi connectivity index (χ1) is 14.2. The predicted octanol–water partition coefficient (Wildman–Crippen LogP) is 3.85. The molecular weight excluding hydrogens is 384 g/mol. The van der Waals surface area contributed by atoms with E-state index in [4.69, 9.17) is 5.26 Å². The van der Waals surface area contributed by atoms with Crippen molar-refractivity contribution in [3.63, 3.8) is 0 Å². The number of fused-ring (bicyclic) bond motifs is 1. The molecule has 0 radical (unpaired) electrons. The topological polar surface area (TPSA) is 79.0 Å². The molecule has 0 aliphatic carbocycles. The van der Waals surface area contributed by atoms with Crippen molar-refractivity contribution >= 4 is 34.3 Å². The van der Waals surface area contributed by atoms with Crippen molar-refractivity contribution in [2.45, 2.75) is 31.5 Å². The van der Waals surface area contributed by atoms with Crippen LogP contribution in [0.4, 0.5) is 5.69 Å². The van der Waals surface area contributed by atoms with E-state index < -0.39 is 0 Å². The first-order valence-electron chi connectivity index (χ1n) is 9.50. The lowest BCUT2D eigenvalue weighted by Gasteiger charge is -2.22. The smallest absolute Gasteiger partial charge is 0.262 e. The minimum atomic E-state index is -0.123. The van der Waals surface area contributed by atoms with Crippen molar-refractivity contribution in [2.75, 3.05) is 17.2 Å². The maximum absolute atomic E-state index is 12.9. The molecule has 0 aliphatic heterocycles. The lowest BCUT2D eigenvalue weighted by Crippen LogP contribution is -2.33. The fourth-order valence-corrected chi connectivity index (χ4v) is 3.95. The molecule has 0 atom stereocenters. The summed E-state index contributed by atoms with van der Waals surface area (Å²) in [5.41, 5.74) is 1.30. The number of hydrogen-bond acceptors (Lipinski definition) is 5. The highest BCUT2D eigenvalue weighted by Gasteiger charge is 2.18. The van der Waals surface area contributed by atoms with Crippen LogP contribution in [-0.2, 0) is 11.3 Å². The van der Waals surface area contributed by atoms with Crippen LogP contribution in [0.2, 0.25) is 0 Å². The van der Waals surface area contributed by atoms with Crippen molar-refractivity contribution in [1.82, 2.24) is 9.55 Å². The minimum absolute atomic E-state index is 0.0863. The fourth-order valence-electron chi connectivity index (χ4n) is 3.05. The molecule has 1 heterocycles. The average molecular weight is 407 g/mol. The number of carbonyl (C=O) groups is 1. The highest BCUT2D eigenvalue weighted by atomic mass is 32.2. The Morgan fingerprint density at radius 1 is 1.17 bits per heavy atom. The molecule has 0 saturated carbocycles. The molecule has 29 heavy (non-hydrogen) atoms. The second kappa shape index (κ2) is 9.89. The summed E-state index contributed by atoms with van der Waals surface area (Å²) in [5.74, 6) is 0.0105. The summed E-state index contributed by atoms with van der Waals surface area (Å²) in [6, 6.07) is 18.6. The zero-order valence-corrected chi connectivity index (χ0v) is 17.1. The Morgan fingerprint density at radius 2 is 1.90 bits per heavy atom. The minimum Gasteiger partial charge on any atom is -0.311 e. The molecule has 0 unspecified atom stereocenters. The number of nitrogens with zero attached hydrogens (tertiary/aromatic N) is 4. The van der Waals surface area contributed by atoms with E-state index >= 15 is 0 Å². The van der Waals surface area contributed by atoms with Crippen LogP contribution >= 0.6 is 11.8 Å². The van der Waals surface area contributed by atoms with E-state index in [9.17, 15) is 9.59 Å². The van der Waals surface area contributed by atoms with Gasteiger partial charge in [0.15, 0.2) is 5.16 Å². The largest absolute Gasteiger partial charge is 0.311 e. The van der Waals surface area contributed by atoms with Crippen LogP contribution in [-0.4, -0.2) is 27.8 Å². The van der Waals surface area contributed by atoms with Crippen molar-refractivity contribution < 1.29 is 4.79 Å². The summed E-state index contributed by atoms with van der Waals surface area (Å²) < 4.78 is 1.64. The SMILES string of the molecule is CCCn1c(SCC(=O)N(CCC#N)c2ccccc2)nc2ccccc2c1=O. The number of anilines is 1. The fraction of sp³-hybridized carbons (Fsp3) is 0.273. The second-order valence-corrected chi connectivity index (χ2v) is 7.39. The van der Waals surface area contributed by atoms with E-state index in [0.29, 0.717) is 29.1 Å². The van der Waals surface area contributed by atoms with Crippen LogP contribution in [0.5, 0.6) is 0 Å². The van der Waals surface area contributed by atoms with Gasteiger partial charge in [-0.3, -0.25) is 14.2 Å². The van der Waals surface area contributed by atoms with Crippen LogP contribution in [0.3, 0.4) is 0 Å². The van der Waals surface area contributed by atoms with Gasteiger partial charge in [-0.05, 0) is 30.7 Å².